The van der Waals surface area contributed by atoms with Crippen LogP contribution >= 0.6 is 0 Å². The normalized spacial score (nSPS) is 21.1. The summed E-state index contributed by atoms with van der Waals surface area (Å²) in [7, 11) is 0. The molecule has 2 heterocycles. The topological polar surface area (TPSA) is 44.7 Å². The van der Waals surface area contributed by atoms with E-state index < -0.39 is 0 Å². The highest BCUT2D eigenvalue weighted by atomic mass is 16.2. The summed E-state index contributed by atoms with van der Waals surface area (Å²) >= 11 is 0. The van der Waals surface area contributed by atoms with Crippen molar-refractivity contribution < 1.29 is 4.79 Å². The molecule has 2 aliphatic heterocycles. The van der Waals surface area contributed by atoms with Gasteiger partial charge in [0, 0.05) is 26.1 Å². The van der Waals surface area contributed by atoms with Gasteiger partial charge in [-0.1, -0.05) is 0 Å². The maximum absolute atomic E-state index is 11.6. The summed E-state index contributed by atoms with van der Waals surface area (Å²) < 4.78 is 0. The van der Waals surface area contributed by atoms with Crippen molar-refractivity contribution in [1.82, 2.24) is 10.2 Å². The molecule has 0 aromatic heterocycles. The summed E-state index contributed by atoms with van der Waals surface area (Å²) in [6.45, 7) is 3.22. The lowest BCUT2D eigenvalue weighted by Gasteiger charge is -2.15. The van der Waals surface area contributed by atoms with E-state index in [2.05, 4.69) is 10.3 Å². The molecule has 0 spiro atoms. The molecule has 1 saturated heterocycles. The number of nitrogens with one attached hydrogen (secondary N) is 1. The maximum atomic E-state index is 11.6. The van der Waals surface area contributed by atoms with Crippen LogP contribution in [0.4, 0.5) is 0 Å². The number of hydrogen-bond donors (Lipinski definition) is 1. The Bertz CT molecular complexity index is 244. The largest absolute Gasteiger partial charge is 0.365 e. The van der Waals surface area contributed by atoms with Gasteiger partial charge in [0.15, 0.2) is 0 Å². The van der Waals surface area contributed by atoms with Gasteiger partial charge in [0.2, 0.25) is 5.91 Å². The van der Waals surface area contributed by atoms with Crippen molar-refractivity contribution in [2.45, 2.75) is 25.7 Å². The fraction of sp³-hybridized carbons (Fsp3) is 0.800. The number of hydrogen-bond acceptors (Lipinski definition) is 3. The number of amides is 1. The molecular formula is C10H17N3O. The molecule has 78 valence electrons. The quantitative estimate of drug-likeness (QED) is 0.692. The molecule has 2 aliphatic rings. The number of likely N-dealkylation sites (tertiary alicyclic amines) is 1. The first kappa shape index (κ1) is 9.49. The van der Waals surface area contributed by atoms with Gasteiger partial charge in [0.05, 0.1) is 12.4 Å². The third kappa shape index (κ3) is 2.25. The first-order valence-electron chi connectivity index (χ1n) is 5.41. The number of carbonyl (C=O) groups excluding carboxylic acids is 1. The summed E-state index contributed by atoms with van der Waals surface area (Å²) in [5, 5.41) is 3.12. The number of aliphatic imine (C=N–C) groups is 1. The molecule has 4 heteroatoms. The Labute approximate surface area is 84.4 Å². The Hall–Kier alpha value is -1.06. The van der Waals surface area contributed by atoms with Gasteiger partial charge in [-0.2, -0.15) is 0 Å². The standard InChI is InChI=1S/C10H17N3O/c14-10(13-6-1-2-7-13)8-12-9-4-3-5-11-9/h1-8H2,(H,11,12). The summed E-state index contributed by atoms with van der Waals surface area (Å²) in [5.74, 6) is 1.23. The summed E-state index contributed by atoms with van der Waals surface area (Å²) in [6.07, 6.45) is 4.45. The molecule has 0 aromatic rings. The zero-order chi connectivity index (χ0) is 9.80. The number of nitrogens with zero attached hydrogens (tertiary/aromatic N) is 2. The van der Waals surface area contributed by atoms with E-state index in [1.54, 1.807) is 0 Å². The van der Waals surface area contributed by atoms with Crippen LogP contribution in [0.3, 0.4) is 0 Å². The second-order valence-electron chi connectivity index (χ2n) is 3.87. The second-order valence-corrected chi connectivity index (χ2v) is 3.87. The molecule has 1 amide bonds. The SMILES string of the molecule is O=C(CNC1=NCCC1)N1CCCC1. The van der Waals surface area contributed by atoms with Gasteiger partial charge in [0.1, 0.15) is 0 Å². The van der Waals surface area contributed by atoms with Gasteiger partial charge in [-0.25, -0.2) is 0 Å². The molecule has 0 aliphatic carbocycles. The first-order chi connectivity index (χ1) is 6.86. The lowest BCUT2D eigenvalue weighted by atomic mass is 10.3. The van der Waals surface area contributed by atoms with Crippen LogP contribution in [0.15, 0.2) is 4.99 Å². The molecular weight excluding hydrogens is 178 g/mol. The Morgan fingerprint density at radius 3 is 2.79 bits per heavy atom. The molecule has 0 saturated carbocycles. The van der Waals surface area contributed by atoms with E-state index >= 15 is 0 Å². The smallest absolute Gasteiger partial charge is 0.241 e. The third-order valence-corrected chi connectivity index (χ3v) is 2.78. The van der Waals surface area contributed by atoms with Crippen LogP contribution < -0.4 is 5.32 Å². The van der Waals surface area contributed by atoms with Crippen molar-refractivity contribution in [3.63, 3.8) is 0 Å². The zero-order valence-electron chi connectivity index (χ0n) is 8.46. The van der Waals surface area contributed by atoms with E-state index in [9.17, 15) is 4.79 Å². The lowest BCUT2D eigenvalue weighted by Crippen LogP contribution is -2.38. The summed E-state index contributed by atoms with van der Waals surface area (Å²) in [6, 6.07) is 0. The molecule has 1 N–H and O–H groups in total. The lowest BCUT2D eigenvalue weighted by molar-refractivity contribution is -0.128. The first-order valence-corrected chi connectivity index (χ1v) is 5.41. The predicted octanol–water partition coefficient (Wildman–Crippen LogP) is 0.391. The van der Waals surface area contributed by atoms with Crippen LogP contribution in [0.5, 0.6) is 0 Å². The zero-order valence-corrected chi connectivity index (χ0v) is 8.46. The van der Waals surface area contributed by atoms with Crippen molar-refractivity contribution in [2.75, 3.05) is 26.2 Å². The number of carbonyl (C=O) groups is 1. The van der Waals surface area contributed by atoms with E-state index in [1.807, 2.05) is 4.90 Å². The molecule has 0 unspecified atom stereocenters. The molecule has 0 bridgehead atoms. The molecule has 1 fully saturated rings. The van der Waals surface area contributed by atoms with Crippen LogP contribution in [-0.2, 0) is 4.79 Å². The summed E-state index contributed by atoms with van der Waals surface area (Å²) in [4.78, 5) is 17.8. The fourth-order valence-electron chi connectivity index (χ4n) is 1.94. The van der Waals surface area contributed by atoms with Gasteiger partial charge in [-0.15, -0.1) is 0 Å². The number of rotatable bonds is 2. The Morgan fingerprint density at radius 1 is 1.36 bits per heavy atom. The van der Waals surface area contributed by atoms with E-state index in [4.69, 9.17) is 0 Å². The van der Waals surface area contributed by atoms with E-state index in [1.165, 1.54) is 0 Å². The van der Waals surface area contributed by atoms with Gasteiger partial charge in [-0.05, 0) is 19.3 Å². The van der Waals surface area contributed by atoms with Crippen LogP contribution in [0.1, 0.15) is 25.7 Å². The Morgan fingerprint density at radius 2 is 2.14 bits per heavy atom. The minimum atomic E-state index is 0.220. The Balaban J connectivity index is 1.71. The van der Waals surface area contributed by atoms with Gasteiger partial charge < -0.3 is 10.2 Å². The minimum Gasteiger partial charge on any atom is -0.365 e. The van der Waals surface area contributed by atoms with Crippen LogP contribution in [-0.4, -0.2) is 42.8 Å². The number of amidine groups is 1. The predicted molar refractivity (Wildman–Crippen MR) is 55.4 cm³/mol. The second kappa shape index (κ2) is 4.44. The average molecular weight is 195 g/mol. The molecule has 4 nitrogen and oxygen atoms in total. The van der Waals surface area contributed by atoms with Crippen LogP contribution in [0, 0.1) is 0 Å². The van der Waals surface area contributed by atoms with E-state index in [0.29, 0.717) is 6.54 Å². The van der Waals surface area contributed by atoms with Gasteiger partial charge in [0.25, 0.3) is 0 Å². The highest BCUT2D eigenvalue weighted by molar-refractivity contribution is 5.88. The minimum absolute atomic E-state index is 0.220. The van der Waals surface area contributed by atoms with E-state index in [0.717, 1.165) is 51.2 Å². The van der Waals surface area contributed by atoms with Crippen molar-refractivity contribution in [3.8, 4) is 0 Å². The third-order valence-electron chi connectivity index (χ3n) is 2.78. The van der Waals surface area contributed by atoms with Crippen LogP contribution in [0.2, 0.25) is 0 Å². The Kier molecular flexibility index (Phi) is 3.01. The van der Waals surface area contributed by atoms with Crippen LogP contribution in [0.25, 0.3) is 0 Å². The fourth-order valence-corrected chi connectivity index (χ4v) is 1.94. The summed E-state index contributed by atoms with van der Waals surface area (Å²) in [5.41, 5.74) is 0. The van der Waals surface area contributed by atoms with Crippen molar-refractivity contribution >= 4 is 11.7 Å². The monoisotopic (exact) mass is 195 g/mol. The molecule has 0 radical (unpaired) electrons. The average Bonchev–Trinajstić information content (AvgIpc) is 2.87. The highest BCUT2D eigenvalue weighted by Crippen LogP contribution is 2.07. The van der Waals surface area contributed by atoms with Gasteiger partial charge >= 0.3 is 0 Å². The van der Waals surface area contributed by atoms with Crippen molar-refractivity contribution in [1.29, 1.82) is 0 Å². The molecule has 2 rings (SSSR count). The van der Waals surface area contributed by atoms with Crippen molar-refractivity contribution in [3.05, 3.63) is 0 Å². The van der Waals surface area contributed by atoms with E-state index in [-0.39, 0.29) is 5.91 Å². The van der Waals surface area contributed by atoms with Crippen molar-refractivity contribution in [2.24, 2.45) is 4.99 Å². The van der Waals surface area contributed by atoms with Gasteiger partial charge in [-0.3, -0.25) is 9.79 Å². The maximum Gasteiger partial charge on any atom is 0.241 e. The highest BCUT2D eigenvalue weighted by Gasteiger charge is 2.17. The molecule has 0 aromatic carbocycles. The molecule has 0 atom stereocenters. The molecule has 14 heavy (non-hydrogen) atoms.